The Morgan fingerprint density at radius 3 is 2.89 bits per heavy atom. The average Bonchev–Trinajstić information content (AvgIpc) is 2.45. The highest BCUT2D eigenvalue weighted by atomic mass is 16.5. The molecule has 3 atom stereocenters. The minimum absolute atomic E-state index is 0.282. The van der Waals surface area contributed by atoms with Gasteiger partial charge in [0, 0.05) is 12.6 Å². The first-order valence-electron chi connectivity index (χ1n) is 7.63. The Hall–Kier alpha value is -0.860. The first kappa shape index (κ1) is 14.5. The number of aryl methyl sites for hydroxylation is 1. The van der Waals surface area contributed by atoms with Gasteiger partial charge in [-0.2, -0.15) is 0 Å². The van der Waals surface area contributed by atoms with Gasteiger partial charge >= 0.3 is 0 Å². The molecule has 0 spiro atoms. The summed E-state index contributed by atoms with van der Waals surface area (Å²) in [7, 11) is 2.05. The summed E-state index contributed by atoms with van der Waals surface area (Å²) < 4.78 is 5.76. The molecule has 0 heterocycles. The van der Waals surface area contributed by atoms with Crippen molar-refractivity contribution in [2.45, 2.75) is 57.6 Å². The van der Waals surface area contributed by atoms with Crippen LogP contribution in [0, 0.1) is 0 Å². The second-order valence-electron chi connectivity index (χ2n) is 5.58. The molecule has 0 bridgehead atoms. The molecule has 1 aliphatic rings. The molecule has 3 unspecified atom stereocenters. The Morgan fingerprint density at radius 1 is 1.37 bits per heavy atom. The highest BCUT2D eigenvalue weighted by Crippen LogP contribution is 2.35. The quantitative estimate of drug-likeness (QED) is 0.846. The van der Waals surface area contributed by atoms with Gasteiger partial charge < -0.3 is 10.1 Å². The van der Waals surface area contributed by atoms with Crippen LogP contribution < -0.4 is 5.32 Å². The van der Waals surface area contributed by atoms with E-state index in [1.165, 1.54) is 25.7 Å². The molecule has 0 saturated heterocycles. The molecule has 1 aromatic rings. The third kappa shape index (κ3) is 3.58. The number of benzene rings is 1. The molecule has 2 nitrogen and oxygen atoms in total. The van der Waals surface area contributed by atoms with Crippen molar-refractivity contribution in [3.05, 3.63) is 35.4 Å². The maximum atomic E-state index is 5.76. The minimum atomic E-state index is 0.282. The Balaban J connectivity index is 2.06. The van der Waals surface area contributed by atoms with Crippen LogP contribution in [0.2, 0.25) is 0 Å². The third-order valence-electron chi connectivity index (χ3n) is 4.40. The molecule has 0 fully saturated rings. The van der Waals surface area contributed by atoms with Crippen molar-refractivity contribution in [1.29, 1.82) is 0 Å². The number of hydrogen-bond donors (Lipinski definition) is 1. The van der Waals surface area contributed by atoms with Crippen molar-refractivity contribution in [3.8, 4) is 0 Å². The Labute approximate surface area is 117 Å². The fourth-order valence-electron chi connectivity index (χ4n) is 3.33. The van der Waals surface area contributed by atoms with E-state index in [1.54, 1.807) is 11.1 Å². The predicted octanol–water partition coefficient (Wildman–Crippen LogP) is 3.51. The fraction of sp³-hybridized carbons (Fsp3) is 0.647. The zero-order valence-electron chi connectivity index (χ0n) is 12.5. The molecule has 0 aromatic heterocycles. The lowest BCUT2D eigenvalue weighted by atomic mass is 9.79. The van der Waals surface area contributed by atoms with Gasteiger partial charge in [0.25, 0.3) is 0 Å². The van der Waals surface area contributed by atoms with Gasteiger partial charge in [-0.15, -0.1) is 0 Å². The zero-order chi connectivity index (χ0) is 13.7. The summed E-state index contributed by atoms with van der Waals surface area (Å²) in [5.74, 6) is 0.685. The van der Waals surface area contributed by atoms with E-state index in [-0.39, 0.29) is 6.10 Å². The summed E-state index contributed by atoms with van der Waals surface area (Å²) in [4.78, 5) is 0. The van der Waals surface area contributed by atoms with Crippen molar-refractivity contribution in [3.63, 3.8) is 0 Å². The molecule has 1 aliphatic carbocycles. The summed E-state index contributed by atoms with van der Waals surface area (Å²) in [5, 5.41) is 3.44. The number of ether oxygens (including phenoxy) is 1. The van der Waals surface area contributed by atoms with Crippen LogP contribution in [-0.2, 0) is 11.2 Å². The Bertz CT molecular complexity index is 391. The molecule has 0 radical (unpaired) electrons. The van der Waals surface area contributed by atoms with Gasteiger partial charge in [-0.25, -0.2) is 0 Å². The molecule has 19 heavy (non-hydrogen) atoms. The van der Waals surface area contributed by atoms with E-state index in [0.717, 1.165) is 6.61 Å². The molecule has 0 amide bonds. The van der Waals surface area contributed by atoms with E-state index >= 15 is 0 Å². The van der Waals surface area contributed by atoms with Gasteiger partial charge in [0.1, 0.15) is 0 Å². The third-order valence-corrected chi connectivity index (χ3v) is 4.40. The number of rotatable bonds is 6. The SMILES string of the molecule is CCOC(C)C(CC1CCCc2ccccc21)NC. The maximum Gasteiger partial charge on any atom is 0.0699 e. The zero-order valence-corrected chi connectivity index (χ0v) is 12.5. The number of nitrogens with one attached hydrogen (secondary N) is 1. The molecule has 106 valence electrons. The first-order chi connectivity index (χ1) is 9.26. The van der Waals surface area contributed by atoms with Gasteiger partial charge in [0.05, 0.1) is 6.10 Å². The second kappa shape index (κ2) is 7.06. The molecular formula is C17H27NO. The van der Waals surface area contributed by atoms with Gasteiger partial charge in [0.15, 0.2) is 0 Å². The smallest absolute Gasteiger partial charge is 0.0699 e. The largest absolute Gasteiger partial charge is 0.377 e. The van der Waals surface area contributed by atoms with Crippen LogP contribution in [0.4, 0.5) is 0 Å². The van der Waals surface area contributed by atoms with Crippen LogP contribution in [0.5, 0.6) is 0 Å². The van der Waals surface area contributed by atoms with E-state index in [0.29, 0.717) is 12.0 Å². The second-order valence-corrected chi connectivity index (χ2v) is 5.58. The normalized spacial score (nSPS) is 21.7. The van der Waals surface area contributed by atoms with E-state index in [2.05, 4.69) is 50.5 Å². The molecule has 2 heteroatoms. The van der Waals surface area contributed by atoms with Crippen molar-refractivity contribution >= 4 is 0 Å². The number of likely N-dealkylation sites (N-methyl/N-ethyl adjacent to an activating group) is 1. The van der Waals surface area contributed by atoms with Crippen molar-refractivity contribution in [2.24, 2.45) is 0 Å². The van der Waals surface area contributed by atoms with Gasteiger partial charge in [0.2, 0.25) is 0 Å². The molecule has 0 aliphatic heterocycles. The Morgan fingerprint density at radius 2 is 2.16 bits per heavy atom. The monoisotopic (exact) mass is 261 g/mol. The number of hydrogen-bond acceptors (Lipinski definition) is 2. The summed E-state index contributed by atoms with van der Waals surface area (Å²) in [6, 6.07) is 9.40. The van der Waals surface area contributed by atoms with Crippen molar-refractivity contribution in [2.75, 3.05) is 13.7 Å². The minimum Gasteiger partial charge on any atom is -0.377 e. The predicted molar refractivity (Wildman–Crippen MR) is 80.7 cm³/mol. The van der Waals surface area contributed by atoms with Crippen LogP contribution in [0.25, 0.3) is 0 Å². The lowest BCUT2D eigenvalue weighted by Gasteiger charge is -2.31. The summed E-state index contributed by atoms with van der Waals surface area (Å²) in [6.07, 6.45) is 5.34. The van der Waals surface area contributed by atoms with Gasteiger partial charge in [-0.3, -0.25) is 0 Å². The van der Waals surface area contributed by atoms with E-state index in [4.69, 9.17) is 4.74 Å². The van der Waals surface area contributed by atoms with E-state index in [9.17, 15) is 0 Å². The van der Waals surface area contributed by atoms with Crippen molar-refractivity contribution < 1.29 is 4.74 Å². The van der Waals surface area contributed by atoms with Gasteiger partial charge in [-0.05, 0) is 63.6 Å². The highest BCUT2D eigenvalue weighted by molar-refractivity contribution is 5.32. The summed E-state index contributed by atoms with van der Waals surface area (Å²) in [6.45, 7) is 5.04. The highest BCUT2D eigenvalue weighted by Gasteiger charge is 2.25. The van der Waals surface area contributed by atoms with Crippen LogP contribution in [0.1, 0.15) is 50.2 Å². The van der Waals surface area contributed by atoms with Crippen LogP contribution in [0.15, 0.2) is 24.3 Å². The molecule has 1 aromatic carbocycles. The topological polar surface area (TPSA) is 21.3 Å². The van der Waals surface area contributed by atoms with Crippen LogP contribution in [0.3, 0.4) is 0 Å². The lowest BCUT2D eigenvalue weighted by Crippen LogP contribution is -2.39. The molecule has 2 rings (SSSR count). The standard InChI is InChI=1S/C17H27NO/c1-4-19-13(2)17(18-3)12-15-10-7-9-14-8-5-6-11-16(14)15/h5-6,8,11,13,15,17-18H,4,7,9-10,12H2,1-3H3. The number of fused-ring (bicyclic) bond motifs is 1. The van der Waals surface area contributed by atoms with Crippen LogP contribution in [-0.4, -0.2) is 25.8 Å². The first-order valence-corrected chi connectivity index (χ1v) is 7.63. The maximum absolute atomic E-state index is 5.76. The summed E-state index contributed by atoms with van der Waals surface area (Å²) in [5.41, 5.74) is 3.12. The van der Waals surface area contributed by atoms with Crippen LogP contribution >= 0.6 is 0 Å². The lowest BCUT2D eigenvalue weighted by molar-refractivity contribution is 0.0449. The fourth-order valence-corrected chi connectivity index (χ4v) is 3.33. The van der Waals surface area contributed by atoms with Crippen molar-refractivity contribution in [1.82, 2.24) is 5.32 Å². The summed E-state index contributed by atoms with van der Waals surface area (Å²) >= 11 is 0. The molecular weight excluding hydrogens is 234 g/mol. The Kier molecular flexibility index (Phi) is 5.41. The van der Waals surface area contributed by atoms with E-state index < -0.39 is 0 Å². The molecule has 1 N–H and O–H groups in total. The van der Waals surface area contributed by atoms with E-state index in [1.807, 2.05) is 0 Å². The average molecular weight is 261 g/mol. The van der Waals surface area contributed by atoms with Gasteiger partial charge in [-0.1, -0.05) is 24.3 Å². The molecule has 0 saturated carbocycles.